The Morgan fingerprint density at radius 3 is 2.00 bits per heavy atom. The molecule has 8 heteroatoms. The van der Waals surface area contributed by atoms with Gasteiger partial charge >= 0.3 is 6.18 Å². The Morgan fingerprint density at radius 2 is 1.32 bits per heavy atom. The van der Waals surface area contributed by atoms with E-state index in [0.717, 1.165) is 67.5 Å². The Morgan fingerprint density at radius 1 is 0.659 bits per heavy atom. The number of ether oxygens (including phenoxy) is 2. The van der Waals surface area contributed by atoms with Crippen molar-refractivity contribution in [2.24, 2.45) is 0 Å². The topological polar surface area (TPSA) is 18.5 Å². The second-order valence-electron chi connectivity index (χ2n) is 10.1. The molecule has 0 aliphatic carbocycles. The maximum absolute atomic E-state index is 15.3. The third kappa shape index (κ3) is 8.65. The summed E-state index contributed by atoms with van der Waals surface area (Å²) in [6.45, 7) is 1.08. The van der Waals surface area contributed by atoms with Crippen LogP contribution in [-0.2, 0) is 25.7 Å². The molecule has 0 fully saturated rings. The molecule has 0 aromatic heterocycles. The van der Waals surface area contributed by atoms with E-state index in [4.69, 9.17) is 4.74 Å². The number of rotatable bonds is 13. The zero-order valence-electron chi connectivity index (χ0n) is 22.8. The normalized spacial score (nSPS) is 11.7. The van der Waals surface area contributed by atoms with Crippen molar-refractivity contribution in [1.29, 1.82) is 0 Å². The Labute approximate surface area is 235 Å². The zero-order chi connectivity index (χ0) is 29.4. The molecule has 0 amide bonds. The van der Waals surface area contributed by atoms with E-state index in [9.17, 15) is 22.0 Å². The molecule has 0 saturated heterocycles. The van der Waals surface area contributed by atoms with Crippen LogP contribution in [0.15, 0.2) is 66.7 Å². The maximum atomic E-state index is 15.3. The van der Waals surface area contributed by atoms with Crippen LogP contribution < -0.4 is 9.47 Å². The van der Waals surface area contributed by atoms with Crippen molar-refractivity contribution < 1.29 is 35.8 Å². The number of hydrogen-bond donors (Lipinski definition) is 0. The quantitative estimate of drug-likeness (QED) is 0.117. The van der Waals surface area contributed by atoms with Gasteiger partial charge in [0, 0.05) is 5.39 Å². The fourth-order valence-corrected chi connectivity index (χ4v) is 4.65. The molecule has 0 N–H and O–H groups in total. The first-order chi connectivity index (χ1) is 19.6. The van der Waals surface area contributed by atoms with Crippen LogP contribution in [0.5, 0.6) is 11.5 Å². The lowest BCUT2D eigenvalue weighted by Gasteiger charge is -2.12. The van der Waals surface area contributed by atoms with Crippen molar-refractivity contribution >= 4 is 10.8 Å². The summed E-state index contributed by atoms with van der Waals surface area (Å²) in [7, 11) is 0. The lowest BCUT2D eigenvalue weighted by molar-refractivity contribution is -0.154. The number of unbranched alkanes of at least 4 members (excludes halogenated alkanes) is 2. The minimum atomic E-state index is -4.72. The van der Waals surface area contributed by atoms with Crippen LogP contribution in [0.2, 0.25) is 0 Å². The summed E-state index contributed by atoms with van der Waals surface area (Å²) >= 11 is 0. The molecule has 41 heavy (non-hydrogen) atoms. The summed E-state index contributed by atoms with van der Waals surface area (Å²) < 4.78 is 90.6. The molecular weight excluding hydrogens is 542 g/mol. The highest BCUT2D eigenvalue weighted by molar-refractivity contribution is 5.84. The monoisotopic (exact) mass is 574 g/mol. The summed E-state index contributed by atoms with van der Waals surface area (Å²) in [4.78, 5) is 0. The van der Waals surface area contributed by atoms with Gasteiger partial charge in [-0.25, -0.2) is 13.2 Å². The fourth-order valence-electron chi connectivity index (χ4n) is 4.65. The van der Waals surface area contributed by atoms with E-state index in [2.05, 4.69) is 23.8 Å². The van der Waals surface area contributed by atoms with Gasteiger partial charge in [0.15, 0.2) is 24.0 Å². The van der Waals surface area contributed by atoms with Gasteiger partial charge in [0.2, 0.25) is 0 Å². The van der Waals surface area contributed by atoms with Gasteiger partial charge < -0.3 is 9.47 Å². The Bertz CT molecular complexity index is 1420. The molecule has 2 nitrogen and oxygen atoms in total. The number of halogens is 6. The summed E-state index contributed by atoms with van der Waals surface area (Å²) in [6.07, 6.45) is 0.499. The largest absolute Gasteiger partial charge is 0.494 e. The lowest BCUT2D eigenvalue weighted by atomic mass is 9.97. The maximum Gasteiger partial charge on any atom is 0.422 e. The number of aryl methyl sites for hydroxylation is 4. The smallest absolute Gasteiger partial charge is 0.422 e. The van der Waals surface area contributed by atoms with Crippen LogP contribution in [0.25, 0.3) is 10.8 Å². The summed E-state index contributed by atoms with van der Waals surface area (Å²) in [5.74, 6) is -3.09. The predicted molar refractivity (Wildman–Crippen MR) is 148 cm³/mol. The molecule has 0 unspecified atom stereocenters. The summed E-state index contributed by atoms with van der Waals surface area (Å²) in [5.41, 5.74) is 2.81. The van der Waals surface area contributed by atoms with Gasteiger partial charge in [-0.05, 0) is 84.0 Å². The molecule has 0 bridgehead atoms. The second-order valence-corrected chi connectivity index (χ2v) is 10.1. The van der Waals surface area contributed by atoms with Gasteiger partial charge in [0.25, 0.3) is 0 Å². The third-order valence-corrected chi connectivity index (χ3v) is 6.86. The molecule has 0 spiro atoms. The molecule has 0 saturated carbocycles. The van der Waals surface area contributed by atoms with Gasteiger partial charge in [0.05, 0.1) is 6.61 Å². The van der Waals surface area contributed by atoms with Crippen molar-refractivity contribution in [1.82, 2.24) is 0 Å². The highest BCUT2D eigenvalue weighted by Gasteiger charge is 2.30. The zero-order valence-corrected chi connectivity index (χ0v) is 22.8. The van der Waals surface area contributed by atoms with Gasteiger partial charge in [0.1, 0.15) is 11.6 Å². The molecule has 0 heterocycles. The predicted octanol–water partition coefficient (Wildman–Crippen LogP) is 9.34. The molecule has 0 radical (unpaired) electrons. The van der Waals surface area contributed by atoms with Crippen LogP contribution >= 0.6 is 0 Å². The number of fused-ring (bicyclic) bond motifs is 1. The van der Waals surface area contributed by atoms with Crippen molar-refractivity contribution in [3.05, 3.63) is 106 Å². The van der Waals surface area contributed by atoms with E-state index in [0.29, 0.717) is 10.9 Å². The Kier molecular flexibility index (Phi) is 10.2. The minimum absolute atomic E-state index is 0.0937. The summed E-state index contributed by atoms with van der Waals surface area (Å²) in [5, 5.41) is 1.20. The average Bonchev–Trinajstić information content (AvgIpc) is 2.93. The lowest BCUT2D eigenvalue weighted by Crippen LogP contribution is -2.20. The van der Waals surface area contributed by atoms with Gasteiger partial charge in [-0.1, -0.05) is 62.2 Å². The van der Waals surface area contributed by atoms with Crippen LogP contribution in [0.1, 0.15) is 48.4 Å². The average molecular weight is 575 g/mol. The van der Waals surface area contributed by atoms with Gasteiger partial charge in [-0.15, -0.1) is 0 Å². The van der Waals surface area contributed by atoms with Crippen molar-refractivity contribution in [3.8, 4) is 11.5 Å². The van der Waals surface area contributed by atoms with Crippen LogP contribution in [-0.4, -0.2) is 19.4 Å². The molecule has 0 aliphatic rings. The molecule has 4 aromatic rings. The van der Waals surface area contributed by atoms with E-state index in [1.165, 1.54) is 5.56 Å². The number of alkyl halides is 3. The van der Waals surface area contributed by atoms with Gasteiger partial charge in [-0.3, -0.25) is 0 Å². The van der Waals surface area contributed by atoms with Crippen LogP contribution in [0, 0.1) is 17.5 Å². The van der Waals surface area contributed by atoms with E-state index in [1.54, 1.807) is 12.1 Å². The van der Waals surface area contributed by atoms with E-state index >= 15 is 4.39 Å². The first-order valence-electron chi connectivity index (χ1n) is 13.7. The number of benzene rings is 4. The minimum Gasteiger partial charge on any atom is -0.494 e. The molecule has 0 aliphatic heterocycles. The third-order valence-electron chi connectivity index (χ3n) is 6.86. The first-order valence-corrected chi connectivity index (χ1v) is 13.7. The summed E-state index contributed by atoms with van der Waals surface area (Å²) in [6, 6.07) is 19.0. The number of hydrogen-bond acceptors (Lipinski definition) is 2. The van der Waals surface area contributed by atoms with Crippen LogP contribution in [0.4, 0.5) is 26.3 Å². The Balaban J connectivity index is 1.35. The SMILES string of the molecule is CCCCCOc1ccc(CCc2ccc3c(F)c(CCc4cc(F)c(OCC(F)(F)F)c(F)c4)ccc3c2)cc1. The molecular formula is C33H32F6O2. The van der Waals surface area contributed by atoms with Crippen molar-refractivity contribution in [3.63, 3.8) is 0 Å². The fraction of sp³-hybridized carbons (Fsp3) is 0.333. The molecule has 218 valence electrons. The standard InChI is InChI=1S/C33H32F6O2/c1-2-3-4-17-40-27-14-8-22(9-15-27)5-6-23-10-16-28-26(18-23)13-12-25(31(28)36)11-7-24-19-29(34)32(30(35)20-24)41-21-33(37,38)39/h8-10,12-16,18-20H,2-7,11,17,21H2,1H3. The van der Waals surface area contributed by atoms with E-state index in [-0.39, 0.29) is 18.4 Å². The molecule has 4 rings (SSSR count). The molecule has 4 aromatic carbocycles. The molecule has 0 atom stereocenters. The second kappa shape index (κ2) is 13.8. The first kappa shape index (κ1) is 30.3. The van der Waals surface area contributed by atoms with Crippen molar-refractivity contribution in [2.75, 3.05) is 13.2 Å². The van der Waals surface area contributed by atoms with Crippen LogP contribution in [0.3, 0.4) is 0 Å². The highest BCUT2D eigenvalue weighted by Crippen LogP contribution is 2.28. The van der Waals surface area contributed by atoms with E-state index in [1.807, 2.05) is 30.3 Å². The van der Waals surface area contributed by atoms with E-state index < -0.39 is 36.0 Å². The van der Waals surface area contributed by atoms with Gasteiger partial charge in [-0.2, -0.15) is 13.2 Å². The highest BCUT2D eigenvalue weighted by atomic mass is 19.4. The Hall–Kier alpha value is -3.68. The van der Waals surface area contributed by atoms with Crippen molar-refractivity contribution in [2.45, 2.75) is 58.0 Å².